The molecule has 1 atom stereocenters. The van der Waals surface area contributed by atoms with Gasteiger partial charge in [0, 0.05) is 12.7 Å². The fourth-order valence-electron chi connectivity index (χ4n) is 1.89. The van der Waals surface area contributed by atoms with Gasteiger partial charge in [-0.2, -0.15) is 5.10 Å². The molecule has 0 saturated heterocycles. The van der Waals surface area contributed by atoms with Crippen LogP contribution < -0.4 is 5.32 Å². The van der Waals surface area contributed by atoms with Gasteiger partial charge in [0.05, 0.1) is 17.8 Å². The van der Waals surface area contributed by atoms with Gasteiger partial charge < -0.3 is 0 Å². The molecule has 0 saturated carbocycles. The van der Waals surface area contributed by atoms with Crippen molar-refractivity contribution in [3.8, 4) is 12.3 Å². The van der Waals surface area contributed by atoms with Crippen molar-refractivity contribution in [2.75, 3.05) is 0 Å². The van der Waals surface area contributed by atoms with Crippen LogP contribution in [0, 0.1) is 12.3 Å². The van der Waals surface area contributed by atoms with Crippen LogP contribution >= 0.6 is 0 Å². The average Bonchev–Trinajstić information content (AvgIpc) is 2.81. The Morgan fingerprint density at radius 2 is 2.06 bits per heavy atom. The van der Waals surface area contributed by atoms with E-state index in [1.165, 1.54) is 0 Å². The Balaban J connectivity index is 2.54. The van der Waals surface area contributed by atoms with Gasteiger partial charge in [0.25, 0.3) is 0 Å². The van der Waals surface area contributed by atoms with Crippen molar-refractivity contribution in [2.45, 2.75) is 58.7 Å². The van der Waals surface area contributed by atoms with Gasteiger partial charge in [-0.25, -0.2) is 0 Å². The first kappa shape index (κ1) is 13.8. The van der Waals surface area contributed by atoms with Crippen molar-refractivity contribution in [1.29, 1.82) is 0 Å². The molecule has 1 aromatic heterocycles. The van der Waals surface area contributed by atoms with E-state index in [-0.39, 0.29) is 6.04 Å². The molecule has 0 aliphatic carbocycles. The monoisotopic (exact) mass is 233 g/mol. The molecule has 0 spiro atoms. The maximum absolute atomic E-state index is 5.41. The summed E-state index contributed by atoms with van der Waals surface area (Å²) >= 11 is 0. The minimum atomic E-state index is 0.147. The van der Waals surface area contributed by atoms with Gasteiger partial charge in [-0.1, -0.05) is 26.7 Å². The molecule has 1 N–H and O–H groups in total. The molecule has 3 heteroatoms. The van der Waals surface area contributed by atoms with Crippen molar-refractivity contribution in [1.82, 2.24) is 15.1 Å². The number of aromatic nitrogens is 2. The lowest BCUT2D eigenvalue weighted by Crippen LogP contribution is -2.26. The molecule has 0 aromatic carbocycles. The van der Waals surface area contributed by atoms with Crippen LogP contribution in [0.25, 0.3) is 0 Å². The fourth-order valence-corrected chi connectivity index (χ4v) is 1.89. The van der Waals surface area contributed by atoms with Crippen LogP contribution in [0.3, 0.4) is 0 Å². The summed E-state index contributed by atoms with van der Waals surface area (Å²) < 4.78 is 2.06. The summed E-state index contributed by atoms with van der Waals surface area (Å²) in [5.74, 6) is 2.73. The van der Waals surface area contributed by atoms with Gasteiger partial charge in [0.2, 0.25) is 0 Å². The number of terminal acetylenes is 1. The highest BCUT2D eigenvalue weighted by atomic mass is 15.3. The van der Waals surface area contributed by atoms with Gasteiger partial charge in [0.1, 0.15) is 0 Å². The molecule has 0 aliphatic heterocycles. The molecule has 17 heavy (non-hydrogen) atoms. The van der Waals surface area contributed by atoms with E-state index in [1.54, 1.807) is 0 Å². The first-order valence-electron chi connectivity index (χ1n) is 6.48. The Kier molecular flexibility index (Phi) is 5.79. The summed E-state index contributed by atoms with van der Waals surface area (Å²) in [6.45, 7) is 7.22. The second-order valence-corrected chi connectivity index (χ2v) is 4.27. The second kappa shape index (κ2) is 7.13. The molecular formula is C14H23N3. The maximum atomic E-state index is 5.41. The van der Waals surface area contributed by atoms with Crippen LogP contribution in [0.5, 0.6) is 0 Å². The van der Waals surface area contributed by atoms with E-state index in [4.69, 9.17) is 6.42 Å². The van der Waals surface area contributed by atoms with E-state index in [1.807, 2.05) is 0 Å². The van der Waals surface area contributed by atoms with Gasteiger partial charge in [-0.15, -0.1) is 6.42 Å². The van der Waals surface area contributed by atoms with Crippen LogP contribution in [0.15, 0.2) is 12.3 Å². The van der Waals surface area contributed by atoms with E-state index in [9.17, 15) is 0 Å². The Bertz CT molecular complexity index is 358. The molecule has 1 unspecified atom stereocenters. The Labute approximate surface area is 105 Å². The molecule has 0 fully saturated rings. The first-order chi connectivity index (χ1) is 8.24. The number of nitrogens with zero attached hydrogens (tertiary/aromatic N) is 2. The summed E-state index contributed by atoms with van der Waals surface area (Å²) in [6.07, 6.45) is 10.7. The van der Waals surface area contributed by atoms with Crippen molar-refractivity contribution in [3.05, 3.63) is 18.0 Å². The Morgan fingerprint density at radius 3 is 2.59 bits per heavy atom. The lowest BCUT2D eigenvalue weighted by atomic mass is 10.2. The molecule has 0 radical (unpaired) electrons. The minimum Gasteiger partial charge on any atom is -0.298 e. The molecule has 0 amide bonds. The number of hydrogen-bond donors (Lipinski definition) is 1. The van der Waals surface area contributed by atoms with Crippen molar-refractivity contribution >= 4 is 0 Å². The molecule has 1 rings (SSSR count). The number of hydrogen-bond acceptors (Lipinski definition) is 2. The van der Waals surface area contributed by atoms with Crippen molar-refractivity contribution < 1.29 is 0 Å². The average molecular weight is 233 g/mol. The fraction of sp³-hybridized carbons (Fsp3) is 0.643. The van der Waals surface area contributed by atoms with Gasteiger partial charge >= 0.3 is 0 Å². The quantitative estimate of drug-likeness (QED) is 0.734. The van der Waals surface area contributed by atoms with Crippen LogP contribution in [0.1, 0.15) is 51.8 Å². The Morgan fingerprint density at radius 1 is 1.35 bits per heavy atom. The topological polar surface area (TPSA) is 29.9 Å². The van der Waals surface area contributed by atoms with Gasteiger partial charge in [-0.3, -0.25) is 10.00 Å². The lowest BCUT2D eigenvalue weighted by molar-refractivity contribution is 0.423. The summed E-state index contributed by atoms with van der Waals surface area (Å²) in [6, 6.07) is 2.72. The zero-order valence-corrected chi connectivity index (χ0v) is 11.1. The minimum absolute atomic E-state index is 0.147. The van der Waals surface area contributed by atoms with Crippen LogP contribution in [0.4, 0.5) is 0 Å². The van der Waals surface area contributed by atoms with Crippen LogP contribution in [0.2, 0.25) is 0 Å². The lowest BCUT2D eigenvalue weighted by Gasteiger charge is -2.12. The standard InChI is InChI=1S/C14H23N3/c1-5-12(6-2)15-11-13-9-10-17(16-13)14(7-3)8-4/h1,9-10,12,14-15H,6-8,11H2,2-4H3. The zero-order chi connectivity index (χ0) is 12.7. The van der Waals surface area contributed by atoms with E-state index >= 15 is 0 Å². The van der Waals surface area contributed by atoms with Crippen molar-refractivity contribution in [2.24, 2.45) is 0 Å². The van der Waals surface area contributed by atoms with Crippen LogP contribution in [-0.2, 0) is 6.54 Å². The molecule has 3 nitrogen and oxygen atoms in total. The second-order valence-electron chi connectivity index (χ2n) is 4.27. The predicted octanol–water partition coefficient (Wildman–Crippen LogP) is 2.75. The zero-order valence-electron chi connectivity index (χ0n) is 11.1. The van der Waals surface area contributed by atoms with E-state index in [0.717, 1.165) is 31.5 Å². The summed E-state index contributed by atoms with van der Waals surface area (Å²) in [4.78, 5) is 0. The van der Waals surface area contributed by atoms with E-state index in [0.29, 0.717) is 6.04 Å². The first-order valence-corrected chi connectivity index (χ1v) is 6.48. The normalized spacial score (nSPS) is 12.6. The third-order valence-corrected chi connectivity index (χ3v) is 3.12. The van der Waals surface area contributed by atoms with Crippen molar-refractivity contribution in [3.63, 3.8) is 0 Å². The highest BCUT2D eigenvalue weighted by Gasteiger charge is 2.08. The molecule has 0 aliphatic rings. The highest BCUT2D eigenvalue weighted by Crippen LogP contribution is 2.14. The van der Waals surface area contributed by atoms with E-state index in [2.05, 4.69) is 54.1 Å². The highest BCUT2D eigenvalue weighted by molar-refractivity contribution is 5.03. The van der Waals surface area contributed by atoms with Gasteiger partial charge in [-0.05, 0) is 25.3 Å². The molecule has 1 heterocycles. The predicted molar refractivity (Wildman–Crippen MR) is 71.6 cm³/mol. The number of rotatable bonds is 7. The molecule has 1 aromatic rings. The smallest absolute Gasteiger partial charge is 0.0762 e. The third kappa shape index (κ3) is 3.90. The maximum Gasteiger partial charge on any atom is 0.0762 e. The van der Waals surface area contributed by atoms with Crippen LogP contribution in [-0.4, -0.2) is 15.8 Å². The van der Waals surface area contributed by atoms with E-state index < -0.39 is 0 Å². The largest absolute Gasteiger partial charge is 0.298 e. The summed E-state index contributed by atoms with van der Waals surface area (Å²) in [7, 11) is 0. The molecule has 94 valence electrons. The number of nitrogens with one attached hydrogen (secondary N) is 1. The summed E-state index contributed by atoms with van der Waals surface area (Å²) in [5.41, 5.74) is 1.06. The SMILES string of the molecule is C#CC(CC)NCc1ccn(C(CC)CC)n1. The third-order valence-electron chi connectivity index (χ3n) is 3.12. The summed E-state index contributed by atoms with van der Waals surface area (Å²) in [5, 5.41) is 7.89. The Hall–Kier alpha value is -1.27. The van der Waals surface area contributed by atoms with Gasteiger partial charge in [0.15, 0.2) is 0 Å². The molecular weight excluding hydrogens is 210 g/mol. The molecule has 0 bridgehead atoms.